The van der Waals surface area contributed by atoms with Gasteiger partial charge in [-0.15, -0.1) is 0 Å². The van der Waals surface area contributed by atoms with E-state index in [4.69, 9.17) is 0 Å². The molecule has 1 N–H and O–H groups in total. The van der Waals surface area contributed by atoms with E-state index in [0.717, 1.165) is 5.92 Å². The zero-order valence-electron chi connectivity index (χ0n) is 13.9. The predicted octanol–water partition coefficient (Wildman–Crippen LogP) is 4.72. The topological polar surface area (TPSA) is 12.0 Å². The van der Waals surface area contributed by atoms with E-state index >= 15 is 0 Å². The van der Waals surface area contributed by atoms with E-state index in [1.165, 1.54) is 6.42 Å². The fourth-order valence-electron chi connectivity index (χ4n) is 2.52. The van der Waals surface area contributed by atoms with Crippen molar-refractivity contribution in [2.75, 3.05) is 7.05 Å². The van der Waals surface area contributed by atoms with Crippen molar-refractivity contribution in [1.82, 2.24) is 5.32 Å². The summed E-state index contributed by atoms with van der Waals surface area (Å²) in [5.41, 5.74) is 0.846. The summed E-state index contributed by atoms with van der Waals surface area (Å²) in [5.74, 6) is 1.40. The monoisotopic (exact) mass is 241 g/mol. The van der Waals surface area contributed by atoms with Crippen LogP contribution in [0.15, 0.2) is 0 Å². The van der Waals surface area contributed by atoms with Gasteiger partial charge >= 0.3 is 0 Å². The van der Waals surface area contributed by atoms with Crippen molar-refractivity contribution < 1.29 is 0 Å². The largest absolute Gasteiger partial charge is 0.314 e. The fraction of sp³-hybridized carbons (Fsp3) is 1.00. The molecule has 0 aromatic rings. The molecule has 0 aliphatic carbocycles. The highest BCUT2D eigenvalue weighted by Crippen LogP contribution is 2.47. The van der Waals surface area contributed by atoms with Crippen molar-refractivity contribution in [3.8, 4) is 0 Å². The molecule has 0 aromatic heterocycles. The van der Waals surface area contributed by atoms with Crippen LogP contribution in [-0.2, 0) is 0 Å². The third-order valence-corrected chi connectivity index (χ3v) is 6.27. The van der Waals surface area contributed by atoms with Crippen LogP contribution in [0.1, 0.15) is 68.7 Å². The second-order valence-electron chi connectivity index (χ2n) is 7.52. The lowest BCUT2D eigenvalue weighted by atomic mass is 9.58. The highest BCUT2D eigenvalue weighted by molar-refractivity contribution is 4.98. The lowest BCUT2D eigenvalue weighted by Gasteiger charge is -2.51. The van der Waals surface area contributed by atoms with Crippen molar-refractivity contribution in [3.63, 3.8) is 0 Å². The van der Waals surface area contributed by atoms with E-state index in [1.807, 2.05) is 0 Å². The first kappa shape index (κ1) is 17.0. The molecule has 1 nitrogen and oxygen atoms in total. The Kier molecular flexibility index (Phi) is 5.29. The lowest BCUT2D eigenvalue weighted by Crippen LogP contribution is -2.54. The maximum Gasteiger partial charge on any atom is 0.0175 e. The predicted molar refractivity (Wildman–Crippen MR) is 79.3 cm³/mol. The quantitative estimate of drug-likeness (QED) is 0.709. The van der Waals surface area contributed by atoms with Gasteiger partial charge in [0.1, 0.15) is 0 Å². The van der Waals surface area contributed by atoms with Gasteiger partial charge in [0.2, 0.25) is 0 Å². The Labute approximate surface area is 110 Å². The molecule has 0 rings (SSSR count). The smallest absolute Gasteiger partial charge is 0.0175 e. The molecule has 0 aliphatic heterocycles. The minimum atomic E-state index is 0.157. The number of hydrogen-bond acceptors (Lipinski definition) is 1. The molecule has 0 radical (unpaired) electrons. The molecule has 0 heterocycles. The summed E-state index contributed by atoms with van der Waals surface area (Å²) in [6.45, 7) is 21.4. The molecule has 1 heteroatoms. The summed E-state index contributed by atoms with van der Waals surface area (Å²) in [6, 6.07) is 0. The Balaban J connectivity index is 5.11. The van der Waals surface area contributed by atoms with Gasteiger partial charge in [-0.2, -0.15) is 0 Å². The highest BCUT2D eigenvalue weighted by atomic mass is 14.9. The van der Waals surface area contributed by atoms with Crippen molar-refractivity contribution in [2.24, 2.45) is 22.7 Å². The summed E-state index contributed by atoms with van der Waals surface area (Å²) >= 11 is 0. The molecule has 0 spiro atoms. The first-order valence-corrected chi connectivity index (χ1v) is 7.13. The molecule has 0 saturated heterocycles. The van der Waals surface area contributed by atoms with Gasteiger partial charge in [-0.05, 0) is 43.6 Å². The molecule has 0 aliphatic rings. The van der Waals surface area contributed by atoms with Gasteiger partial charge in [0, 0.05) is 5.54 Å². The molecule has 104 valence electrons. The third kappa shape index (κ3) is 3.24. The zero-order valence-corrected chi connectivity index (χ0v) is 13.9. The third-order valence-electron chi connectivity index (χ3n) is 6.27. The van der Waals surface area contributed by atoms with Gasteiger partial charge in [0.25, 0.3) is 0 Å². The van der Waals surface area contributed by atoms with Crippen LogP contribution >= 0.6 is 0 Å². The van der Waals surface area contributed by atoms with Gasteiger partial charge in [-0.1, -0.05) is 54.9 Å². The second-order valence-corrected chi connectivity index (χ2v) is 7.52. The van der Waals surface area contributed by atoms with Crippen LogP contribution in [0.5, 0.6) is 0 Å². The van der Waals surface area contributed by atoms with Crippen LogP contribution in [0, 0.1) is 22.7 Å². The zero-order chi connectivity index (χ0) is 14.1. The first-order chi connectivity index (χ1) is 7.44. The summed E-state index contributed by atoms with van der Waals surface area (Å²) in [4.78, 5) is 0. The molecule has 1 unspecified atom stereocenters. The summed E-state index contributed by atoms with van der Waals surface area (Å²) < 4.78 is 0. The van der Waals surface area contributed by atoms with Crippen molar-refractivity contribution >= 4 is 0 Å². The molecular weight excluding hydrogens is 206 g/mol. The van der Waals surface area contributed by atoms with Crippen LogP contribution in [0.2, 0.25) is 0 Å². The van der Waals surface area contributed by atoms with Crippen LogP contribution in [0.3, 0.4) is 0 Å². The Morgan fingerprint density at radius 3 is 1.59 bits per heavy atom. The van der Waals surface area contributed by atoms with Gasteiger partial charge in [-0.25, -0.2) is 0 Å². The standard InChI is InChI=1S/C16H35N/c1-11-14(4,5)12(2)13(3)15(6,7)16(8,9)17-10/h12-13,17H,11H2,1-10H3/t12-,13?/m0/s1. The minimum absolute atomic E-state index is 0.157. The van der Waals surface area contributed by atoms with E-state index in [2.05, 4.69) is 74.7 Å². The van der Waals surface area contributed by atoms with Crippen molar-refractivity contribution in [1.29, 1.82) is 0 Å². The normalized spacial score (nSPS) is 18.0. The minimum Gasteiger partial charge on any atom is -0.314 e. The fourth-order valence-corrected chi connectivity index (χ4v) is 2.52. The van der Waals surface area contributed by atoms with Gasteiger partial charge in [0.15, 0.2) is 0 Å². The highest BCUT2D eigenvalue weighted by Gasteiger charge is 2.44. The molecular formula is C16H35N. The Hall–Kier alpha value is -0.0400. The average molecular weight is 241 g/mol. The van der Waals surface area contributed by atoms with Gasteiger partial charge in [-0.3, -0.25) is 0 Å². The Morgan fingerprint density at radius 2 is 1.29 bits per heavy atom. The Bertz CT molecular complexity index is 238. The maximum atomic E-state index is 3.49. The summed E-state index contributed by atoms with van der Waals surface area (Å²) in [7, 11) is 2.07. The molecule has 17 heavy (non-hydrogen) atoms. The molecule has 0 bridgehead atoms. The van der Waals surface area contributed by atoms with Gasteiger partial charge in [0.05, 0.1) is 0 Å². The number of rotatable bonds is 6. The molecule has 0 amide bonds. The van der Waals surface area contributed by atoms with E-state index in [9.17, 15) is 0 Å². The van der Waals surface area contributed by atoms with E-state index in [0.29, 0.717) is 11.3 Å². The lowest BCUT2D eigenvalue weighted by molar-refractivity contribution is 0.0153. The van der Waals surface area contributed by atoms with Crippen molar-refractivity contribution in [2.45, 2.75) is 74.3 Å². The van der Waals surface area contributed by atoms with Crippen molar-refractivity contribution in [3.05, 3.63) is 0 Å². The average Bonchev–Trinajstić information content (AvgIpc) is 2.26. The van der Waals surface area contributed by atoms with Crippen LogP contribution in [0.25, 0.3) is 0 Å². The molecule has 0 aromatic carbocycles. The van der Waals surface area contributed by atoms with Crippen LogP contribution < -0.4 is 5.32 Å². The SMILES string of the molecule is CCC(C)(C)[C@@H](C)C(C)C(C)(C)C(C)(C)NC. The van der Waals surface area contributed by atoms with E-state index in [-0.39, 0.29) is 11.0 Å². The molecule has 0 fully saturated rings. The number of nitrogens with one attached hydrogen (secondary N) is 1. The van der Waals surface area contributed by atoms with Crippen LogP contribution in [0.4, 0.5) is 0 Å². The first-order valence-electron chi connectivity index (χ1n) is 7.13. The van der Waals surface area contributed by atoms with E-state index < -0.39 is 0 Å². The molecule has 2 atom stereocenters. The molecule has 0 saturated carbocycles. The number of hydrogen-bond donors (Lipinski definition) is 1. The van der Waals surface area contributed by atoms with E-state index in [1.54, 1.807) is 0 Å². The van der Waals surface area contributed by atoms with Crippen LogP contribution in [-0.4, -0.2) is 12.6 Å². The maximum absolute atomic E-state index is 3.49. The summed E-state index contributed by atoms with van der Waals surface area (Å²) in [5, 5.41) is 3.49. The van der Waals surface area contributed by atoms with Gasteiger partial charge < -0.3 is 5.32 Å². The summed E-state index contributed by atoms with van der Waals surface area (Å²) in [6.07, 6.45) is 1.24. The Morgan fingerprint density at radius 1 is 0.882 bits per heavy atom. The second kappa shape index (κ2) is 5.30.